The number of hydroxylamine groups is 1. The molecule has 0 saturated carbocycles. The second-order valence-electron chi connectivity index (χ2n) is 2.96. The largest absolute Gasteiger partial charge is 0.493 e. The molecule has 1 rings (SSSR count). The topological polar surface area (TPSA) is 50.7 Å². The summed E-state index contributed by atoms with van der Waals surface area (Å²) in [6, 6.07) is 3.30. The monoisotopic (exact) mass is 215 g/mol. The maximum absolute atomic E-state index is 12.7. The molecule has 2 N–H and O–H groups in total. The van der Waals surface area contributed by atoms with Crippen LogP contribution < -0.4 is 15.0 Å². The van der Waals surface area contributed by atoms with Gasteiger partial charge < -0.3 is 14.7 Å². The SMILES string of the molecule is COc1cc(CNO)cc(CF)c1OC. The summed E-state index contributed by atoms with van der Waals surface area (Å²) in [5, 5.41) is 8.56. The van der Waals surface area contributed by atoms with Gasteiger partial charge in [0.05, 0.1) is 14.2 Å². The van der Waals surface area contributed by atoms with Crippen molar-refractivity contribution in [3.8, 4) is 11.5 Å². The summed E-state index contributed by atoms with van der Waals surface area (Å²) in [7, 11) is 2.94. The summed E-state index contributed by atoms with van der Waals surface area (Å²) in [5.74, 6) is 0.847. The van der Waals surface area contributed by atoms with Crippen LogP contribution >= 0.6 is 0 Å². The molecule has 0 aliphatic rings. The Morgan fingerprint density at radius 1 is 1.33 bits per heavy atom. The van der Waals surface area contributed by atoms with E-state index in [-0.39, 0.29) is 6.54 Å². The van der Waals surface area contributed by atoms with E-state index in [1.54, 1.807) is 12.1 Å². The van der Waals surface area contributed by atoms with Gasteiger partial charge in [-0.05, 0) is 17.7 Å². The predicted octanol–water partition coefficient (Wildman–Crippen LogP) is 1.65. The van der Waals surface area contributed by atoms with Gasteiger partial charge in [0.1, 0.15) is 6.67 Å². The van der Waals surface area contributed by atoms with Crippen molar-refractivity contribution in [1.82, 2.24) is 5.48 Å². The third-order valence-corrected chi connectivity index (χ3v) is 2.04. The summed E-state index contributed by atoms with van der Waals surface area (Å²) in [6.45, 7) is -0.411. The first-order valence-electron chi connectivity index (χ1n) is 4.43. The van der Waals surface area contributed by atoms with Crippen molar-refractivity contribution >= 4 is 0 Å². The van der Waals surface area contributed by atoms with Gasteiger partial charge in [0.2, 0.25) is 0 Å². The summed E-state index contributed by atoms with van der Waals surface area (Å²) in [6.07, 6.45) is 0. The first-order chi connectivity index (χ1) is 7.26. The molecule has 0 amide bonds. The van der Waals surface area contributed by atoms with Crippen molar-refractivity contribution in [3.63, 3.8) is 0 Å². The molecule has 4 nitrogen and oxygen atoms in total. The van der Waals surface area contributed by atoms with Gasteiger partial charge in [-0.1, -0.05) is 0 Å². The van der Waals surface area contributed by atoms with Crippen LogP contribution in [0.1, 0.15) is 11.1 Å². The fourth-order valence-corrected chi connectivity index (χ4v) is 1.40. The number of hydrogen-bond acceptors (Lipinski definition) is 4. The first-order valence-corrected chi connectivity index (χ1v) is 4.43. The molecule has 5 heteroatoms. The second kappa shape index (κ2) is 5.53. The number of alkyl halides is 1. The highest BCUT2D eigenvalue weighted by molar-refractivity contribution is 5.49. The van der Waals surface area contributed by atoms with Crippen LogP contribution in [-0.4, -0.2) is 19.4 Å². The highest BCUT2D eigenvalue weighted by Crippen LogP contribution is 2.33. The van der Waals surface area contributed by atoms with Gasteiger partial charge >= 0.3 is 0 Å². The lowest BCUT2D eigenvalue weighted by Gasteiger charge is -2.13. The Balaban J connectivity index is 3.16. The summed E-state index contributed by atoms with van der Waals surface area (Å²) in [4.78, 5) is 0. The lowest BCUT2D eigenvalue weighted by atomic mass is 10.1. The van der Waals surface area contributed by atoms with Gasteiger partial charge in [0, 0.05) is 12.1 Å². The van der Waals surface area contributed by atoms with Gasteiger partial charge in [-0.2, -0.15) is 0 Å². The highest BCUT2D eigenvalue weighted by atomic mass is 19.1. The van der Waals surface area contributed by atoms with Crippen LogP contribution in [-0.2, 0) is 13.2 Å². The third kappa shape index (κ3) is 2.57. The van der Waals surface area contributed by atoms with E-state index >= 15 is 0 Å². The maximum atomic E-state index is 12.7. The van der Waals surface area contributed by atoms with E-state index in [0.717, 1.165) is 5.56 Å². The van der Waals surface area contributed by atoms with Gasteiger partial charge in [-0.25, -0.2) is 9.87 Å². The van der Waals surface area contributed by atoms with E-state index in [0.29, 0.717) is 17.1 Å². The molecule has 0 fully saturated rings. The summed E-state index contributed by atoms with van der Waals surface area (Å²) >= 11 is 0. The lowest BCUT2D eigenvalue weighted by molar-refractivity contribution is 0.161. The first kappa shape index (κ1) is 11.7. The molecule has 0 aromatic heterocycles. The van der Waals surface area contributed by atoms with Gasteiger partial charge in [-0.15, -0.1) is 0 Å². The standard InChI is InChI=1S/C10H14FNO3/c1-14-9-4-7(6-12-13)3-8(5-11)10(9)15-2/h3-4,12-13H,5-6H2,1-2H3. The normalized spacial score (nSPS) is 10.1. The molecule has 1 aromatic carbocycles. The summed E-state index contributed by atoms with van der Waals surface area (Å²) < 4.78 is 22.8. The van der Waals surface area contributed by atoms with Crippen LogP contribution in [0.15, 0.2) is 12.1 Å². The number of rotatable bonds is 5. The minimum absolute atomic E-state index is 0.230. The van der Waals surface area contributed by atoms with Crippen LogP contribution in [0.4, 0.5) is 4.39 Å². The van der Waals surface area contributed by atoms with Crippen molar-refractivity contribution in [3.05, 3.63) is 23.3 Å². The van der Waals surface area contributed by atoms with E-state index in [2.05, 4.69) is 0 Å². The lowest BCUT2D eigenvalue weighted by Crippen LogP contribution is -2.07. The van der Waals surface area contributed by atoms with Crippen LogP contribution in [0.5, 0.6) is 11.5 Å². The molecule has 0 bridgehead atoms. The number of halogens is 1. The van der Waals surface area contributed by atoms with Gasteiger partial charge in [0.15, 0.2) is 11.5 Å². The molecule has 15 heavy (non-hydrogen) atoms. The minimum atomic E-state index is -0.640. The van der Waals surface area contributed by atoms with E-state index in [1.807, 2.05) is 5.48 Å². The second-order valence-corrected chi connectivity index (χ2v) is 2.96. The van der Waals surface area contributed by atoms with Crippen LogP contribution in [0.3, 0.4) is 0 Å². The number of nitrogens with one attached hydrogen (secondary N) is 1. The molecule has 0 heterocycles. The minimum Gasteiger partial charge on any atom is -0.493 e. The van der Waals surface area contributed by atoms with Crippen LogP contribution in [0.2, 0.25) is 0 Å². The molecular formula is C10H14FNO3. The smallest absolute Gasteiger partial charge is 0.166 e. The molecule has 0 aliphatic heterocycles. The molecular weight excluding hydrogens is 201 g/mol. The van der Waals surface area contributed by atoms with Crippen molar-refractivity contribution in [2.24, 2.45) is 0 Å². The van der Waals surface area contributed by atoms with Gasteiger partial charge in [0.25, 0.3) is 0 Å². The van der Waals surface area contributed by atoms with E-state index < -0.39 is 6.67 Å². The average molecular weight is 215 g/mol. The van der Waals surface area contributed by atoms with Crippen LogP contribution in [0, 0.1) is 0 Å². The number of hydrogen-bond donors (Lipinski definition) is 2. The molecule has 84 valence electrons. The zero-order valence-electron chi connectivity index (χ0n) is 8.71. The predicted molar refractivity (Wildman–Crippen MR) is 53.0 cm³/mol. The third-order valence-electron chi connectivity index (χ3n) is 2.04. The van der Waals surface area contributed by atoms with Gasteiger partial charge in [-0.3, -0.25) is 0 Å². The Labute approximate surface area is 87.6 Å². The Hall–Kier alpha value is -1.33. The Morgan fingerprint density at radius 3 is 2.53 bits per heavy atom. The zero-order chi connectivity index (χ0) is 11.3. The highest BCUT2D eigenvalue weighted by Gasteiger charge is 2.11. The Morgan fingerprint density at radius 2 is 2.07 bits per heavy atom. The molecule has 0 atom stereocenters. The Kier molecular flexibility index (Phi) is 4.33. The molecule has 0 spiro atoms. The molecule has 0 radical (unpaired) electrons. The van der Waals surface area contributed by atoms with E-state index in [1.165, 1.54) is 14.2 Å². The fourth-order valence-electron chi connectivity index (χ4n) is 1.40. The Bertz CT molecular complexity index is 305. The molecule has 0 unspecified atom stereocenters. The maximum Gasteiger partial charge on any atom is 0.166 e. The summed E-state index contributed by atoms with van der Waals surface area (Å²) in [5.41, 5.74) is 3.13. The molecule has 0 aliphatic carbocycles. The van der Waals surface area contributed by atoms with E-state index in [4.69, 9.17) is 14.7 Å². The number of ether oxygens (including phenoxy) is 2. The number of methoxy groups -OCH3 is 2. The van der Waals surface area contributed by atoms with Crippen molar-refractivity contribution in [2.45, 2.75) is 13.2 Å². The average Bonchev–Trinajstić information content (AvgIpc) is 2.28. The van der Waals surface area contributed by atoms with Crippen LogP contribution in [0.25, 0.3) is 0 Å². The van der Waals surface area contributed by atoms with Crippen molar-refractivity contribution in [2.75, 3.05) is 14.2 Å². The molecule has 0 saturated heterocycles. The van der Waals surface area contributed by atoms with Crippen molar-refractivity contribution in [1.29, 1.82) is 0 Å². The molecule has 1 aromatic rings. The number of benzene rings is 1. The zero-order valence-corrected chi connectivity index (χ0v) is 8.71. The van der Waals surface area contributed by atoms with Crippen molar-refractivity contribution < 1.29 is 19.1 Å². The van der Waals surface area contributed by atoms with E-state index in [9.17, 15) is 4.39 Å². The fraction of sp³-hybridized carbons (Fsp3) is 0.400. The quantitative estimate of drug-likeness (QED) is 0.733.